The van der Waals surface area contributed by atoms with Gasteiger partial charge in [0, 0.05) is 22.6 Å². The van der Waals surface area contributed by atoms with Crippen molar-refractivity contribution in [3.63, 3.8) is 0 Å². The zero-order chi connectivity index (χ0) is 30.3. The average Bonchev–Trinajstić information content (AvgIpc) is 2.95. The first kappa shape index (κ1) is 32.2. The number of methoxy groups -OCH3 is 1. The number of nitrogens with one attached hydrogen (secondary N) is 1. The van der Waals surface area contributed by atoms with E-state index >= 15 is 0 Å². The number of carbonyl (C=O) groups is 2. The Morgan fingerprint density at radius 1 is 1.00 bits per heavy atom. The number of rotatable bonds is 12. The molecule has 0 spiro atoms. The molecule has 0 aliphatic heterocycles. The number of benzene rings is 3. The fraction of sp³-hybridized carbons (Fsp3) is 0.333. The lowest BCUT2D eigenvalue weighted by Gasteiger charge is -2.33. The van der Waals surface area contributed by atoms with Gasteiger partial charge in [-0.1, -0.05) is 66.0 Å². The number of ether oxygens (including phenoxy) is 1. The molecule has 11 heteroatoms. The first-order chi connectivity index (χ1) is 19.4. The maximum absolute atomic E-state index is 14.1. The Kier molecular flexibility index (Phi) is 11.1. The summed E-state index contributed by atoms with van der Waals surface area (Å²) in [4.78, 5) is 28.6. The third-order valence-corrected chi connectivity index (χ3v) is 9.14. The second-order valence-corrected chi connectivity index (χ2v) is 12.5. The van der Waals surface area contributed by atoms with Crippen molar-refractivity contribution in [2.24, 2.45) is 0 Å². The first-order valence-corrected chi connectivity index (χ1v) is 15.3. The number of sulfonamides is 1. The average molecular weight is 621 g/mol. The number of aryl methyl sites for hydroxylation is 1. The highest BCUT2D eigenvalue weighted by Gasteiger charge is 2.34. The molecule has 0 aliphatic rings. The minimum absolute atomic E-state index is 0.0152. The van der Waals surface area contributed by atoms with E-state index in [0.29, 0.717) is 17.0 Å². The number of amides is 2. The number of halogens is 2. The van der Waals surface area contributed by atoms with Crippen molar-refractivity contribution in [1.29, 1.82) is 0 Å². The third-order valence-electron chi connectivity index (χ3n) is 6.76. The van der Waals surface area contributed by atoms with Crippen molar-refractivity contribution in [1.82, 2.24) is 10.2 Å². The third kappa shape index (κ3) is 7.93. The molecule has 0 saturated heterocycles. The number of hydrogen-bond acceptors (Lipinski definition) is 5. The molecule has 3 aromatic carbocycles. The number of anilines is 1. The maximum atomic E-state index is 14.1. The Hall–Kier alpha value is -3.27. The smallest absolute Gasteiger partial charge is 0.264 e. The zero-order valence-corrected chi connectivity index (χ0v) is 26.1. The second-order valence-electron chi connectivity index (χ2n) is 9.75. The molecular weight excluding hydrogens is 585 g/mol. The number of hydrogen-bond donors (Lipinski definition) is 1. The normalized spacial score (nSPS) is 12.8. The van der Waals surface area contributed by atoms with Gasteiger partial charge in [0.05, 0.1) is 17.7 Å². The molecule has 41 heavy (non-hydrogen) atoms. The predicted octanol–water partition coefficient (Wildman–Crippen LogP) is 5.84. The van der Waals surface area contributed by atoms with E-state index in [9.17, 15) is 18.0 Å². The van der Waals surface area contributed by atoms with Crippen molar-refractivity contribution < 1.29 is 22.7 Å². The minimum atomic E-state index is -4.28. The largest absolute Gasteiger partial charge is 0.495 e. The van der Waals surface area contributed by atoms with Gasteiger partial charge in [0.1, 0.15) is 18.3 Å². The quantitative estimate of drug-likeness (QED) is 0.275. The van der Waals surface area contributed by atoms with E-state index in [-0.39, 0.29) is 39.8 Å². The summed E-state index contributed by atoms with van der Waals surface area (Å²) in [7, 11) is -2.88. The van der Waals surface area contributed by atoms with Crippen molar-refractivity contribution in [2.45, 2.75) is 57.6 Å². The lowest BCUT2D eigenvalue weighted by atomic mass is 10.1. The van der Waals surface area contributed by atoms with E-state index < -0.39 is 28.5 Å². The van der Waals surface area contributed by atoms with Crippen LogP contribution >= 0.6 is 23.2 Å². The molecule has 2 unspecified atom stereocenters. The van der Waals surface area contributed by atoms with Crippen LogP contribution in [0.3, 0.4) is 0 Å². The van der Waals surface area contributed by atoms with Gasteiger partial charge in [-0.15, -0.1) is 0 Å². The Labute approximate surface area is 252 Å². The van der Waals surface area contributed by atoms with Crippen LogP contribution in [0.4, 0.5) is 5.69 Å². The van der Waals surface area contributed by atoms with Gasteiger partial charge < -0.3 is 15.0 Å². The van der Waals surface area contributed by atoms with E-state index in [0.717, 1.165) is 9.87 Å². The Bertz CT molecular complexity index is 1480. The lowest BCUT2D eigenvalue weighted by molar-refractivity contribution is -0.139. The van der Waals surface area contributed by atoms with Gasteiger partial charge in [-0.2, -0.15) is 0 Å². The van der Waals surface area contributed by atoms with Crippen LogP contribution in [-0.4, -0.2) is 50.9 Å². The van der Waals surface area contributed by atoms with E-state index in [2.05, 4.69) is 5.32 Å². The monoisotopic (exact) mass is 619 g/mol. The van der Waals surface area contributed by atoms with Crippen LogP contribution in [0.15, 0.2) is 71.6 Å². The van der Waals surface area contributed by atoms with Gasteiger partial charge in [-0.05, 0) is 69.2 Å². The highest BCUT2D eigenvalue weighted by atomic mass is 35.5. The molecule has 0 aliphatic carbocycles. The van der Waals surface area contributed by atoms with Crippen LogP contribution in [0, 0.1) is 6.92 Å². The molecule has 220 valence electrons. The summed E-state index contributed by atoms with van der Waals surface area (Å²) >= 11 is 12.7. The topological polar surface area (TPSA) is 96.0 Å². The van der Waals surface area contributed by atoms with Crippen LogP contribution in [0.25, 0.3) is 0 Å². The SMILES string of the molecule is CCC(C)NC(=O)C(C)N(Cc1ccccc1Cl)C(=O)CN(c1cc(Cl)ccc1OC)S(=O)(=O)c1ccc(C)cc1. The van der Waals surface area contributed by atoms with Crippen LogP contribution in [0.5, 0.6) is 5.75 Å². The fourth-order valence-corrected chi connectivity index (χ4v) is 5.85. The van der Waals surface area contributed by atoms with Gasteiger partial charge in [-0.25, -0.2) is 8.42 Å². The van der Waals surface area contributed by atoms with E-state index in [1.807, 2.05) is 20.8 Å². The molecule has 3 rings (SSSR count). The molecular formula is C30H35Cl2N3O5S. The van der Waals surface area contributed by atoms with Gasteiger partial charge in [0.2, 0.25) is 11.8 Å². The van der Waals surface area contributed by atoms with E-state index in [4.69, 9.17) is 27.9 Å². The molecule has 0 radical (unpaired) electrons. The summed E-state index contributed by atoms with van der Waals surface area (Å²) in [6, 6.07) is 16.8. The fourth-order valence-electron chi connectivity index (χ4n) is 4.07. The van der Waals surface area contributed by atoms with Crippen molar-refractivity contribution in [2.75, 3.05) is 18.0 Å². The van der Waals surface area contributed by atoms with Crippen molar-refractivity contribution in [3.8, 4) is 5.75 Å². The number of nitrogens with zero attached hydrogens (tertiary/aromatic N) is 2. The molecule has 0 aromatic heterocycles. The summed E-state index contributed by atoms with van der Waals surface area (Å²) < 4.78 is 34.5. The molecule has 2 amide bonds. The Morgan fingerprint density at radius 2 is 1.66 bits per heavy atom. The minimum Gasteiger partial charge on any atom is -0.495 e. The van der Waals surface area contributed by atoms with Crippen LogP contribution in [-0.2, 0) is 26.2 Å². The summed E-state index contributed by atoms with van der Waals surface area (Å²) in [6.45, 7) is 6.61. The van der Waals surface area contributed by atoms with Gasteiger partial charge in [0.25, 0.3) is 10.0 Å². The lowest BCUT2D eigenvalue weighted by Crippen LogP contribution is -2.52. The summed E-state index contributed by atoms with van der Waals surface area (Å²) in [5.74, 6) is -0.777. The Balaban J connectivity index is 2.11. The highest BCUT2D eigenvalue weighted by Crippen LogP contribution is 2.35. The first-order valence-electron chi connectivity index (χ1n) is 13.1. The van der Waals surface area contributed by atoms with Crippen LogP contribution in [0.1, 0.15) is 38.3 Å². The van der Waals surface area contributed by atoms with Crippen LogP contribution < -0.4 is 14.4 Å². The molecule has 0 bridgehead atoms. The molecule has 1 N–H and O–H groups in total. The van der Waals surface area contributed by atoms with Crippen molar-refractivity contribution >= 4 is 50.7 Å². The Morgan fingerprint density at radius 3 is 2.27 bits per heavy atom. The van der Waals surface area contributed by atoms with Gasteiger partial charge in [-0.3, -0.25) is 13.9 Å². The van der Waals surface area contributed by atoms with Gasteiger partial charge in [0.15, 0.2) is 0 Å². The maximum Gasteiger partial charge on any atom is 0.264 e. The molecule has 0 saturated carbocycles. The summed E-state index contributed by atoms with van der Waals surface area (Å²) in [5, 5.41) is 3.58. The van der Waals surface area contributed by atoms with E-state index in [1.165, 1.54) is 36.3 Å². The highest BCUT2D eigenvalue weighted by molar-refractivity contribution is 7.92. The van der Waals surface area contributed by atoms with Crippen LogP contribution in [0.2, 0.25) is 10.0 Å². The number of carbonyl (C=O) groups excluding carboxylic acids is 2. The zero-order valence-electron chi connectivity index (χ0n) is 23.7. The molecule has 0 heterocycles. The molecule has 3 aromatic rings. The molecule has 8 nitrogen and oxygen atoms in total. The second kappa shape index (κ2) is 14.1. The molecule has 2 atom stereocenters. The van der Waals surface area contributed by atoms with E-state index in [1.54, 1.807) is 49.4 Å². The van der Waals surface area contributed by atoms with Crippen molar-refractivity contribution in [3.05, 3.63) is 87.9 Å². The molecule has 0 fully saturated rings. The predicted molar refractivity (Wildman–Crippen MR) is 163 cm³/mol. The van der Waals surface area contributed by atoms with Gasteiger partial charge >= 0.3 is 0 Å². The standard InChI is InChI=1S/C30H35Cl2N3O5S/c1-6-21(3)33-30(37)22(4)34(18-23-9-7-8-10-26(23)32)29(36)19-35(27-17-24(31)13-16-28(27)40-5)41(38,39)25-14-11-20(2)12-15-25/h7-17,21-22H,6,18-19H2,1-5H3,(H,33,37). The summed E-state index contributed by atoms with van der Waals surface area (Å²) in [5.41, 5.74) is 1.57. The summed E-state index contributed by atoms with van der Waals surface area (Å²) in [6.07, 6.45) is 0.702.